The second kappa shape index (κ2) is 10.5. The number of carboxylic acids is 1. The highest BCUT2D eigenvalue weighted by molar-refractivity contribution is 6.09. The van der Waals surface area contributed by atoms with Crippen molar-refractivity contribution in [3.05, 3.63) is 143 Å². The first-order valence-electron chi connectivity index (χ1n) is 11.1. The molecule has 0 saturated carbocycles. The average molecular weight is 449 g/mol. The third kappa shape index (κ3) is 5.54. The fourth-order valence-electron chi connectivity index (χ4n) is 3.91. The molecular formula is C30H24O4. The largest absolute Gasteiger partial charge is 0.481 e. The van der Waals surface area contributed by atoms with E-state index in [1.807, 2.05) is 60.7 Å². The van der Waals surface area contributed by atoms with Crippen LogP contribution in [0.25, 0.3) is 0 Å². The lowest BCUT2D eigenvalue weighted by Gasteiger charge is -2.13. The van der Waals surface area contributed by atoms with Crippen molar-refractivity contribution in [2.24, 2.45) is 5.92 Å². The molecule has 0 aliphatic heterocycles. The van der Waals surface area contributed by atoms with E-state index >= 15 is 0 Å². The fourth-order valence-corrected chi connectivity index (χ4v) is 3.91. The van der Waals surface area contributed by atoms with E-state index < -0.39 is 11.9 Å². The smallest absolute Gasteiger partial charge is 0.307 e. The van der Waals surface area contributed by atoms with E-state index in [4.69, 9.17) is 0 Å². The number of rotatable bonds is 9. The zero-order chi connectivity index (χ0) is 23.9. The summed E-state index contributed by atoms with van der Waals surface area (Å²) in [6.45, 7) is 0. The standard InChI is InChI=1S/C30H24O4/c31-28(23-7-3-1-4-8-23)25-15-11-21(12-16-25)19-27(30(33)34)20-22-13-17-26(18-14-22)29(32)24-9-5-2-6-10-24/h1-18,27H,19-20H2,(H,33,34). The van der Waals surface area contributed by atoms with Crippen molar-refractivity contribution in [3.8, 4) is 0 Å². The van der Waals surface area contributed by atoms with Crippen molar-refractivity contribution in [2.45, 2.75) is 12.8 Å². The lowest BCUT2D eigenvalue weighted by Crippen LogP contribution is -2.19. The molecule has 0 aliphatic carbocycles. The van der Waals surface area contributed by atoms with Gasteiger partial charge in [0.25, 0.3) is 0 Å². The van der Waals surface area contributed by atoms with Crippen molar-refractivity contribution in [1.82, 2.24) is 0 Å². The Balaban J connectivity index is 1.42. The van der Waals surface area contributed by atoms with Gasteiger partial charge in [0, 0.05) is 22.3 Å². The van der Waals surface area contributed by atoms with E-state index in [0.29, 0.717) is 35.1 Å². The van der Waals surface area contributed by atoms with E-state index in [2.05, 4.69) is 0 Å². The maximum atomic E-state index is 12.6. The Morgan fingerprint density at radius 1 is 0.500 bits per heavy atom. The van der Waals surface area contributed by atoms with Crippen molar-refractivity contribution < 1.29 is 19.5 Å². The van der Waals surface area contributed by atoms with Gasteiger partial charge in [0.15, 0.2) is 11.6 Å². The van der Waals surface area contributed by atoms with Crippen LogP contribution in [-0.4, -0.2) is 22.6 Å². The summed E-state index contributed by atoms with van der Waals surface area (Å²) in [5.74, 6) is -1.63. The molecule has 0 atom stereocenters. The minimum atomic E-state index is -0.881. The van der Waals surface area contributed by atoms with E-state index in [1.54, 1.807) is 48.5 Å². The van der Waals surface area contributed by atoms with E-state index in [-0.39, 0.29) is 11.6 Å². The summed E-state index contributed by atoms with van der Waals surface area (Å²) in [6, 6.07) is 32.3. The predicted octanol–water partition coefficient (Wildman–Crippen LogP) is 5.63. The molecule has 0 fully saturated rings. The normalized spacial score (nSPS) is 10.7. The summed E-state index contributed by atoms with van der Waals surface area (Å²) < 4.78 is 0. The molecule has 0 amide bonds. The van der Waals surface area contributed by atoms with Gasteiger partial charge in [-0.15, -0.1) is 0 Å². The highest BCUT2D eigenvalue weighted by atomic mass is 16.4. The third-order valence-corrected chi connectivity index (χ3v) is 5.82. The van der Waals surface area contributed by atoms with Gasteiger partial charge in [-0.3, -0.25) is 14.4 Å². The minimum absolute atomic E-state index is 0.0629. The molecule has 4 rings (SSSR count). The fraction of sp³-hybridized carbons (Fsp3) is 0.100. The van der Waals surface area contributed by atoms with Crippen molar-refractivity contribution in [3.63, 3.8) is 0 Å². The summed E-state index contributed by atoms with van der Waals surface area (Å²) in [6.07, 6.45) is 0.694. The molecule has 0 aliphatic rings. The van der Waals surface area contributed by atoms with Crippen LogP contribution in [0, 0.1) is 5.92 Å². The monoisotopic (exact) mass is 448 g/mol. The number of ketones is 2. The molecule has 4 nitrogen and oxygen atoms in total. The summed E-state index contributed by atoms with van der Waals surface area (Å²) in [5, 5.41) is 9.77. The predicted molar refractivity (Wildman–Crippen MR) is 131 cm³/mol. The molecule has 4 heteroatoms. The van der Waals surface area contributed by atoms with Gasteiger partial charge in [-0.25, -0.2) is 0 Å². The van der Waals surface area contributed by atoms with Gasteiger partial charge >= 0.3 is 5.97 Å². The van der Waals surface area contributed by atoms with E-state index in [0.717, 1.165) is 11.1 Å². The Hall–Kier alpha value is -4.31. The molecule has 0 unspecified atom stereocenters. The highest BCUT2D eigenvalue weighted by Gasteiger charge is 2.19. The van der Waals surface area contributed by atoms with Crippen molar-refractivity contribution in [1.29, 1.82) is 0 Å². The van der Waals surface area contributed by atoms with Crippen LogP contribution in [0.2, 0.25) is 0 Å². The molecule has 0 saturated heterocycles. The number of aliphatic carboxylic acids is 1. The molecule has 4 aromatic rings. The molecule has 0 heterocycles. The van der Waals surface area contributed by atoms with Crippen LogP contribution in [0.15, 0.2) is 109 Å². The Morgan fingerprint density at radius 3 is 1.15 bits per heavy atom. The van der Waals surface area contributed by atoms with E-state index in [9.17, 15) is 19.5 Å². The second-order valence-electron chi connectivity index (χ2n) is 8.23. The summed E-state index contributed by atoms with van der Waals surface area (Å²) in [4.78, 5) is 37.1. The van der Waals surface area contributed by atoms with Crippen LogP contribution >= 0.6 is 0 Å². The van der Waals surface area contributed by atoms with Crippen LogP contribution in [0.4, 0.5) is 0 Å². The zero-order valence-corrected chi connectivity index (χ0v) is 18.6. The van der Waals surface area contributed by atoms with Gasteiger partial charge in [0.2, 0.25) is 0 Å². The van der Waals surface area contributed by atoms with Gasteiger partial charge in [0.05, 0.1) is 5.92 Å². The summed E-state index contributed by atoms with van der Waals surface area (Å²) >= 11 is 0. The van der Waals surface area contributed by atoms with Crippen LogP contribution in [-0.2, 0) is 17.6 Å². The lowest BCUT2D eigenvalue weighted by molar-refractivity contribution is -0.141. The first-order chi connectivity index (χ1) is 16.5. The van der Waals surface area contributed by atoms with Crippen LogP contribution < -0.4 is 0 Å². The number of carbonyl (C=O) groups excluding carboxylic acids is 2. The molecule has 4 aromatic carbocycles. The number of hydrogen-bond donors (Lipinski definition) is 1. The van der Waals surface area contributed by atoms with Gasteiger partial charge in [-0.2, -0.15) is 0 Å². The van der Waals surface area contributed by atoms with Crippen molar-refractivity contribution in [2.75, 3.05) is 0 Å². The van der Waals surface area contributed by atoms with Crippen LogP contribution in [0.3, 0.4) is 0 Å². The quantitative estimate of drug-likeness (QED) is 0.337. The van der Waals surface area contributed by atoms with Crippen LogP contribution in [0.1, 0.15) is 43.0 Å². The van der Waals surface area contributed by atoms with Crippen LogP contribution in [0.5, 0.6) is 0 Å². The first kappa shape index (κ1) is 22.9. The third-order valence-electron chi connectivity index (χ3n) is 5.82. The van der Waals surface area contributed by atoms with Gasteiger partial charge < -0.3 is 5.11 Å². The molecular weight excluding hydrogens is 424 g/mol. The Morgan fingerprint density at radius 2 is 0.824 bits per heavy atom. The topological polar surface area (TPSA) is 71.4 Å². The maximum Gasteiger partial charge on any atom is 0.307 e. The summed E-state index contributed by atoms with van der Waals surface area (Å²) in [5.41, 5.74) is 4.09. The molecule has 0 aromatic heterocycles. The molecule has 0 radical (unpaired) electrons. The molecule has 0 spiro atoms. The minimum Gasteiger partial charge on any atom is -0.481 e. The number of hydrogen-bond acceptors (Lipinski definition) is 3. The van der Waals surface area contributed by atoms with Crippen molar-refractivity contribution >= 4 is 17.5 Å². The lowest BCUT2D eigenvalue weighted by atomic mass is 9.91. The van der Waals surface area contributed by atoms with Gasteiger partial charge in [-0.05, 0) is 24.0 Å². The Kier molecular flexibility index (Phi) is 7.09. The molecule has 0 bridgehead atoms. The van der Waals surface area contributed by atoms with E-state index in [1.165, 1.54) is 0 Å². The number of carbonyl (C=O) groups is 3. The second-order valence-corrected chi connectivity index (χ2v) is 8.23. The maximum absolute atomic E-state index is 12.6. The Bertz CT molecular complexity index is 1180. The Labute approximate surface area is 198 Å². The first-order valence-corrected chi connectivity index (χ1v) is 11.1. The molecule has 34 heavy (non-hydrogen) atoms. The van der Waals surface area contributed by atoms with Gasteiger partial charge in [-0.1, -0.05) is 109 Å². The zero-order valence-electron chi connectivity index (χ0n) is 18.6. The van der Waals surface area contributed by atoms with Gasteiger partial charge in [0.1, 0.15) is 0 Å². The molecule has 1 N–H and O–H groups in total. The SMILES string of the molecule is O=C(c1ccccc1)c1ccc(CC(Cc2ccc(C(=O)c3ccccc3)cc2)C(=O)O)cc1. The molecule has 168 valence electrons. The average Bonchev–Trinajstić information content (AvgIpc) is 2.89. The highest BCUT2D eigenvalue weighted by Crippen LogP contribution is 2.19. The summed E-state index contributed by atoms with van der Waals surface area (Å²) in [7, 11) is 0. The number of benzene rings is 4. The number of carboxylic acid groups (broad SMARTS) is 1.